The summed E-state index contributed by atoms with van der Waals surface area (Å²) in [6.45, 7) is 9.69. The number of Topliss-reactive ketones (excluding diaryl/α,β-unsaturated/α-hetero) is 1. The number of nitrogens with zero attached hydrogens (tertiary/aromatic N) is 1. The van der Waals surface area contributed by atoms with Gasteiger partial charge in [-0.25, -0.2) is 0 Å². The predicted octanol–water partition coefficient (Wildman–Crippen LogP) is 3.31. The van der Waals surface area contributed by atoms with Crippen molar-refractivity contribution in [3.8, 4) is 0 Å². The second kappa shape index (κ2) is 8.98. The van der Waals surface area contributed by atoms with Crippen molar-refractivity contribution in [1.29, 1.82) is 0 Å². The van der Waals surface area contributed by atoms with Gasteiger partial charge in [-0.3, -0.25) is 4.79 Å². The quantitative estimate of drug-likeness (QED) is 0.633. The van der Waals surface area contributed by atoms with Crippen molar-refractivity contribution in [3.05, 3.63) is 0 Å². The second-order valence-electron chi connectivity index (χ2n) is 5.95. The van der Waals surface area contributed by atoms with Gasteiger partial charge < -0.3 is 4.90 Å². The molecule has 0 aliphatic carbocycles. The molecule has 0 aromatic heterocycles. The summed E-state index contributed by atoms with van der Waals surface area (Å²) in [5.41, 5.74) is 0. The monoisotopic (exact) mass is 259 g/mol. The van der Waals surface area contributed by atoms with Crippen molar-refractivity contribution in [2.45, 2.75) is 45.8 Å². The molecule has 3 heteroatoms. The number of rotatable bonds is 9. The van der Waals surface area contributed by atoms with Crippen molar-refractivity contribution in [2.24, 2.45) is 11.8 Å². The van der Waals surface area contributed by atoms with Crippen LogP contribution in [-0.4, -0.2) is 42.3 Å². The van der Waals surface area contributed by atoms with E-state index in [2.05, 4.69) is 46.7 Å². The number of ketones is 1. The van der Waals surface area contributed by atoms with Gasteiger partial charge in [0.05, 0.1) is 0 Å². The first-order valence-corrected chi connectivity index (χ1v) is 7.64. The van der Waals surface area contributed by atoms with Crippen LogP contribution < -0.4 is 0 Å². The summed E-state index contributed by atoms with van der Waals surface area (Å²) >= 11 is 1.95. The molecule has 2 nitrogen and oxygen atoms in total. The van der Waals surface area contributed by atoms with E-state index in [1.165, 1.54) is 0 Å². The molecule has 0 aliphatic rings. The van der Waals surface area contributed by atoms with E-state index >= 15 is 0 Å². The molecule has 0 fully saturated rings. The Morgan fingerprint density at radius 3 is 2.06 bits per heavy atom. The zero-order valence-electron chi connectivity index (χ0n) is 12.3. The largest absolute Gasteiger partial charge is 0.308 e. The second-order valence-corrected chi connectivity index (χ2v) is 7.29. The predicted molar refractivity (Wildman–Crippen MR) is 78.7 cm³/mol. The maximum Gasteiger partial charge on any atom is 0.134 e. The molecule has 0 heterocycles. The molecule has 0 aromatic carbocycles. The lowest BCUT2D eigenvalue weighted by molar-refractivity contribution is -0.119. The highest BCUT2D eigenvalue weighted by Gasteiger charge is 2.16. The number of carbonyl (C=O) groups excluding carboxylic acids is 1. The Balaban J connectivity index is 4.12. The zero-order chi connectivity index (χ0) is 13.4. The van der Waals surface area contributed by atoms with Crippen molar-refractivity contribution >= 4 is 17.5 Å². The van der Waals surface area contributed by atoms with Gasteiger partial charge in [0.15, 0.2) is 0 Å². The molecule has 1 unspecified atom stereocenters. The summed E-state index contributed by atoms with van der Waals surface area (Å²) in [6, 6.07) is 0. The molecule has 0 rings (SSSR count). The summed E-state index contributed by atoms with van der Waals surface area (Å²) in [4.78, 5) is 14.0. The third-order valence-electron chi connectivity index (χ3n) is 2.33. The standard InChI is InChI=1S/C14H29NOS/c1-11(2)7-13(16)8-14(9-15(5)6)17-10-12(3)4/h11-12,14H,7-10H2,1-6H3. The lowest BCUT2D eigenvalue weighted by Crippen LogP contribution is -2.27. The van der Waals surface area contributed by atoms with Crippen LogP contribution in [0.25, 0.3) is 0 Å². The van der Waals surface area contributed by atoms with Crippen molar-refractivity contribution in [1.82, 2.24) is 4.90 Å². The van der Waals surface area contributed by atoms with Crippen LogP contribution >= 0.6 is 11.8 Å². The highest BCUT2D eigenvalue weighted by molar-refractivity contribution is 7.99. The van der Waals surface area contributed by atoms with E-state index in [-0.39, 0.29) is 0 Å². The molecule has 0 aliphatic heterocycles. The summed E-state index contributed by atoms with van der Waals surface area (Å²) < 4.78 is 0. The van der Waals surface area contributed by atoms with E-state index in [1.807, 2.05) is 11.8 Å². The van der Waals surface area contributed by atoms with Gasteiger partial charge in [-0.2, -0.15) is 11.8 Å². The first-order chi connectivity index (χ1) is 7.81. The molecular weight excluding hydrogens is 230 g/mol. The summed E-state index contributed by atoms with van der Waals surface area (Å²) in [5.74, 6) is 2.75. The molecule has 1 atom stereocenters. The molecule has 0 bridgehead atoms. The van der Waals surface area contributed by atoms with E-state index in [1.54, 1.807) is 0 Å². The fourth-order valence-electron chi connectivity index (χ4n) is 1.70. The van der Waals surface area contributed by atoms with Crippen molar-refractivity contribution < 1.29 is 4.79 Å². The van der Waals surface area contributed by atoms with Crippen LogP contribution in [0.3, 0.4) is 0 Å². The Morgan fingerprint density at radius 1 is 1.06 bits per heavy atom. The highest BCUT2D eigenvalue weighted by atomic mass is 32.2. The topological polar surface area (TPSA) is 20.3 Å². The molecule has 0 aromatic rings. The molecule has 0 radical (unpaired) electrons. The van der Waals surface area contributed by atoms with Crippen molar-refractivity contribution in [3.63, 3.8) is 0 Å². The average molecular weight is 259 g/mol. The Bertz CT molecular complexity index is 214. The normalized spacial score (nSPS) is 13.7. The van der Waals surface area contributed by atoms with E-state index < -0.39 is 0 Å². The van der Waals surface area contributed by atoms with Crippen LogP contribution in [0.1, 0.15) is 40.5 Å². The smallest absolute Gasteiger partial charge is 0.134 e. The van der Waals surface area contributed by atoms with Gasteiger partial charge in [-0.1, -0.05) is 27.7 Å². The Morgan fingerprint density at radius 2 is 1.65 bits per heavy atom. The highest BCUT2D eigenvalue weighted by Crippen LogP contribution is 2.20. The minimum atomic E-state index is 0.420. The first kappa shape index (κ1) is 17.0. The minimum Gasteiger partial charge on any atom is -0.308 e. The number of hydrogen-bond donors (Lipinski definition) is 0. The summed E-state index contributed by atoms with van der Waals surface area (Å²) in [5, 5.41) is 0.457. The van der Waals surface area contributed by atoms with Gasteiger partial charge in [0.1, 0.15) is 5.78 Å². The zero-order valence-corrected chi connectivity index (χ0v) is 13.1. The minimum absolute atomic E-state index is 0.420. The van der Waals surface area contributed by atoms with Gasteiger partial charge in [0.25, 0.3) is 0 Å². The average Bonchev–Trinajstić information content (AvgIpc) is 2.11. The Labute approximate surface area is 112 Å². The van der Waals surface area contributed by atoms with Crippen LogP contribution in [-0.2, 0) is 4.79 Å². The summed E-state index contributed by atoms with van der Waals surface area (Å²) in [7, 11) is 4.16. The fraction of sp³-hybridized carbons (Fsp3) is 0.929. The lowest BCUT2D eigenvalue weighted by atomic mass is 10.0. The summed E-state index contributed by atoms with van der Waals surface area (Å²) in [6.07, 6.45) is 1.46. The van der Waals surface area contributed by atoms with E-state index in [9.17, 15) is 4.79 Å². The van der Waals surface area contributed by atoms with Gasteiger partial charge >= 0.3 is 0 Å². The number of thioether (sulfide) groups is 1. The molecule has 0 saturated heterocycles. The van der Waals surface area contributed by atoms with Crippen LogP contribution in [0, 0.1) is 11.8 Å². The van der Waals surface area contributed by atoms with Crippen LogP contribution in [0.15, 0.2) is 0 Å². The van der Waals surface area contributed by atoms with Crippen LogP contribution in [0.2, 0.25) is 0 Å². The first-order valence-electron chi connectivity index (χ1n) is 6.59. The van der Waals surface area contributed by atoms with E-state index in [0.29, 0.717) is 22.9 Å². The van der Waals surface area contributed by atoms with E-state index in [0.717, 1.165) is 25.1 Å². The molecule has 17 heavy (non-hydrogen) atoms. The maximum absolute atomic E-state index is 11.9. The maximum atomic E-state index is 11.9. The number of carbonyl (C=O) groups is 1. The third-order valence-corrected chi connectivity index (χ3v) is 3.97. The SMILES string of the molecule is CC(C)CSC(CC(=O)CC(C)C)CN(C)C. The molecule has 102 valence electrons. The van der Waals surface area contributed by atoms with Gasteiger partial charge in [-0.15, -0.1) is 0 Å². The van der Waals surface area contributed by atoms with Gasteiger partial charge in [0.2, 0.25) is 0 Å². The van der Waals surface area contributed by atoms with Crippen molar-refractivity contribution in [2.75, 3.05) is 26.4 Å². The van der Waals surface area contributed by atoms with Gasteiger partial charge in [-0.05, 0) is 31.7 Å². The lowest BCUT2D eigenvalue weighted by Gasteiger charge is -2.21. The molecule has 0 saturated carbocycles. The molecular formula is C14H29NOS. The number of hydrogen-bond acceptors (Lipinski definition) is 3. The molecule has 0 amide bonds. The van der Waals surface area contributed by atoms with Crippen LogP contribution in [0.4, 0.5) is 0 Å². The Hall–Kier alpha value is -0.0200. The van der Waals surface area contributed by atoms with Gasteiger partial charge in [0, 0.05) is 24.6 Å². The third kappa shape index (κ3) is 10.8. The van der Waals surface area contributed by atoms with Crippen LogP contribution in [0.5, 0.6) is 0 Å². The fourth-order valence-corrected chi connectivity index (χ4v) is 3.07. The van der Waals surface area contributed by atoms with E-state index in [4.69, 9.17) is 0 Å². The molecule has 0 spiro atoms. The molecule has 0 N–H and O–H groups in total. The Kier molecular flexibility index (Phi) is 8.97.